The van der Waals surface area contributed by atoms with Crippen LogP contribution in [0.2, 0.25) is 0 Å². The van der Waals surface area contributed by atoms with E-state index in [-0.39, 0.29) is 18.3 Å². The molecule has 3 aromatic rings. The Morgan fingerprint density at radius 2 is 1.92 bits per heavy atom. The molecule has 2 aromatic heterocycles. The number of fused-ring (bicyclic) bond motifs is 1. The number of hydrogen-bond donors (Lipinski definition) is 1. The van der Waals surface area contributed by atoms with Gasteiger partial charge >= 0.3 is 0 Å². The van der Waals surface area contributed by atoms with Gasteiger partial charge in [0.25, 0.3) is 5.91 Å². The molecule has 3 heterocycles. The average molecular weight is 354 g/mol. The number of aromatic nitrogens is 3. The quantitative estimate of drug-likeness (QED) is 0.782. The van der Waals surface area contributed by atoms with Crippen molar-refractivity contribution in [2.45, 2.75) is 18.8 Å². The summed E-state index contributed by atoms with van der Waals surface area (Å²) in [6.45, 7) is 1.34. The Kier molecular flexibility index (Phi) is 4.51. The zero-order valence-corrected chi connectivity index (χ0v) is 14.2. The van der Waals surface area contributed by atoms with E-state index in [1.54, 1.807) is 12.4 Å². The van der Waals surface area contributed by atoms with E-state index in [9.17, 15) is 9.18 Å². The first-order chi connectivity index (χ1) is 12.7. The number of carbonyl (C=O) groups excluding carboxylic acids is 1. The number of H-pyrrole nitrogens is 1. The molecule has 4 rings (SSSR count). The number of nitrogens with zero attached hydrogens (tertiary/aromatic N) is 3. The summed E-state index contributed by atoms with van der Waals surface area (Å²) in [5, 5.41) is 0. The van der Waals surface area contributed by atoms with Crippen molar-refractivity contribution in [3.8, 4) is 5.75 Å². The van der Waals surface area contributed by atoms with Crippen LogP contribution in [0.4, 0.5) is 4.39 Å². The molecule has 1 amide bonds. The number of carbonyl (C=O) groups is 1. The van der Waals surface area contributed by atoms with Crippen LogP contribution < -0.4 is 4.74 Å². The van der Waals surface area contributed by atoms with Crippen molar-refractivity contribution in [2.24, 2.45) is 0 Å². The number of nitrogens with one attached hydrogen (secondary N) is 1. The summed E-state index contributed by atoms with van der Waals surface area (Å²) in [6.07, 6.45) is 5.12. The van der Waals surface area contributed by atoms with Gasteiger partial charge in [-0.3, -0.25) is 9.78 Å². The highest BCUT2D eigenvalue weighted by Gasteiger charge is 2.25. The lowest BCUT2D eigenvalue weighted by Crippen LogP contribution is -2.40. The largest absolute Gasteiger partial charge is 0.484 e. The predicted molar refractivity (Wildman–Crippen MR) is 94.3 cm³/mol. The number of halogens is 1. The van der Waals surface area contributed by atoms with E-state index in [1.165, 1.54) is 24.3 Å². The molecule has 1 aromatic carbocycles. The fourth-order valence-corrected chi connectivity index (χ4v) is 3.30. The molecule has 0 bridgehead atoms. The van der Waals surface area contributed by atoms with Crippen molar-refractivity contribution in [2.75, 3.05) is 19.7 Å². The number of benzene rings is 1. The van der Waals surface area contributed by atoms with Gasteiger partial charge in [0, 0.05) is 37.1 Å². The molecule has 0 radical (unpaired) electrons. The molecule has 26 heavy (non-hydrogen) atoms. The molecule has 0 saturated carbocycles. The van der Waals surface area contributed by atoms with Gasteiger partial charge in [-0.2, -0.15) is 0 Å². The van der Waals surface area contributed by atoms with Crippen LogP contribution in [0, 0.1) is 5.82 Å². The summed E-state index contributed by atoms with van der Waals surface area (Å²) in [6, 6.07) is 7.71. The molecule has 0 atom stereocenters. The summed E-state index contributed by atoms with van der Waals surface area (Å²) in [5.41, 5.74) is 2.79. The number of likely N-dealkylation sites (tertiary alicyclic amines) is 1. The molecule has 6 nitrogen and oxygen atoms in total. The SMILES string of the molecule is O=C(COc1ccc(F)cc1)N1CCC(c2cc3nccnc3[nH]2)CC1. The molecule has 1 aliphatic rings. The highest BCUT2D eigenvalue weighted by Crippen LogP contribution is 2.29. The minimum atomic E-state index is -0.326. The molecular weight excluding hydrogens is 335 g/mol. The Morgan fingerprint density at radius 3 is 2.65 bits per heavy atom. The fraction of sp³-hybridized carbons (Fsp3) is 0.316. The molecule has 0 unspecified atom stereocenters. The highest BCUT2D eigenvalue weighted by atomic mass is 19.1. The van der Waals surface area contributed by atoms with Gasteiger partial charge in [-0.15, -0.1) is 0 Å². The van der Waals surface area contributed by atoms with Crippen LogP contribution in [0.25, 0.3) is 11.2 Å². The molecule has 134 valence electrons. The second-order valence-electron chi connectivity index (χ2n) is 6.41. The molecule has 1 fully saturated rings. The number of amides is 1. The topological polar surface area (TPSA) is 71.1 Å². The first-order valence-electron chi connectivity index (χ1n) is 8.65. The maximum absolute atomic E-state index is 12.9. The predicted octanol–water partition coefficient (Wildman–Crippen LogP) is 2.88. The lowest BCUT2D eigenvalue weighted by Gasteiger charge is -2.31. The summed E-state index contributed by atoms with van der Waals surface area (Å²) >= 11 is 0. The molecular formula is C19H19FN4O2. The maximum atomic E-state index is 12.9. The number of rotatable bonds is 4. The van der Waals surface area contributed by atoms with Crippen molar-refractivity contribution in [3.63, 3.8) is 0 Å². The Bertz CT molecular complexity index is 868. The summed E-state index contributed by atoms with van der Waals surface area (Å²) in [7, 11) is 0. The van der Waals surface area contributed by atoms with Crippen LogP contribution in [-0.2, 0) is 4.79 Å². The van der Waals surface area contributed by atoms with E-state index in [0.29, 0.717) is 24.8 Å². The number of aromatic amines is 1. The highest BCUT2D eigenvalue weighted by molar-refractivity contribution is 5.78. The van der Waals surface area contributed by atoms with Gasteiger partial charge in [0.05, 0.1) is 0 Å². The molecule has 1 saturated heterocycles. The Balaban J connectivity index is 1.31. The lowest BCUT2D eigenvalue weighted by atomic mass is 9.93. The van der Waals surface area contributed by atoms with E-state index in [1.807, 2.05) is 11.0 Å². The van der Waals surface area contributed by atoms with E-state index >= 15 is 0 Å². The number of ether oxygens (including phenoxy) is 1. The van der Waals surface area contributed by atoms with Crippen molar-refractivity contribution >= 4 is 17.1 Å². The van der Waals surface area contributed by atoms with Crippen molar-refractivity contribution in [1.82, 2.24) is 19.9 Å². The van der Waals surface area contributed by atoms with Crippen molar-refractivity contribution < 1.29 is 13.9 Å². The second kappa shape index (κ2) is 7.11. The zero-order valence-electron chi connectivity index (χ0n) is 14.2. The molecule has 1 N–H and O–H groups in total. The van der Waals surface area contributed by atoms with Gasteiger partial charge in [-0.05, 0) is 43.2 Å². The monoisotopic (exact) mass is 354 g/mol. The van der Waals surface area contributed by atoms with E-state index in [0.717, 1.165) is 29.7 Å². The molecule has 7 heteroatoms. The number of hydrogen-bond acceptors (Lipinski definition) is 4. The summed E-state index contributed by atoms with van der Waals surface area (Å²) in [4.78, 5) is 26.0. The van der Waals surface area contributed by atoms with Crippen molar-refractivity contribution in [3.05, 3.63) is 54.2 Å². The third kappa shape index (κ3) is 3.51. The molecule has 0 spiro atoms. The van der Waals surface area contributed by atoms with Crippen LogP contribution in [0.3, 0.4) is 0 Å². The number of piperidine rings is 1. The standard InChI is InChI=1S/C19H19FN4O2/c20-14-1-3-15(4-2-14)26-12-18(25)24-9-5-13(6-10-24)16-11-17-19(23-16)22-8-7-21-17/h1-4,7-8,11,13H,5-6,9-10,12H2,(H,22,23). The van der Waals surface area contributed by atoms with E-state index in [4.69, 9.17) is 4.74 Å². The Hall–Kier alpha value is -2.96. The smallest absolute Gasteiger partial charge is 0.260 e. The normalized spacial score (nSPS) is 15.3. The Labute approximate surface area is 150 Å². The van der Waals surface area contributed by atoms with Gasteiger partial charge in [-0.1, -0.05) is 0 Å². The molecule has 1 aliphatic heterocycles. The average Bonchev–Trinajstić information content (AvgIpc) is 3.12. The third-order valence-electron chi connectivity index (χ3n) is 4.74. The summed E-state index contributed by atoms with van der Waals surface area (Å²) in [5.74, 6) is 0.488. The van der Waals surface area contributed by atoms with Gasteiger partial charge in [0.15, 0.2) is 12.3 Å². The fourth-order valence-electron chi connectivity index (χ4n) is 3.30. The van der Waals surface area contributed by atoms with Gasteiger partial charge < -0.3 is 14.6 Å². The lowest BCUT2D eigenvalue weighted by molar-refractivity contribution is -0.134. The van der Waals surface area contributed by atoms with E-state index in [2.05, 4.69) is 15.0 Å². The van der Waals surface area contributed by atoms with Crippen LogP contribution >= 0.6 is 0 Å². The Morgan fingerprint density at radius 1 is 1.19 bits per heavy atom. The summed E-state index contributed by atoms with van der Waals surface area (Å²) < 4.78 is 18.3. The van der Waals surface area contributed by atoms with E-state index < -0.39 is 0 Å². The van der Waals surface area contributed by atoms with Gasteiger partial charge in [0.2, 0.25) is 0 Å². The van der Waals surface area contributed by atoms with Gasteiger partial charge in [-0.25, -0.2) is 9.37 Å². The van der Waals surface area contributed by atoms with Crippen LogP contribution in [0.5, 0.6) is 5.75 Å². The first kappa shape index (κ1) is 16.5. The third-order valence-corrected chi connectivity index (χ3v) is 4.74. The van der Waals surface area contributed by atoms with Crippen LogP contribution in [0.1, 0.15) is 24.5 Å². The second-order valence-corrected chi connectivity index (χ2v) is 6.41. The molecule has 0 aliphatic carbocycles. The minimum absolute atomic E-state index is 0.0312. The van der Waals surface area contributed by atoms with Gasteiger partial charge in [0.1, 0.15) is 17.1 Å². The maximum Gasteiger partial charge on any atom is 0.260 e. The van der Waals surface area contributed by atoms with Crippen molar-refractivity contribution in [1.29, 1.82) is 0 Å². The minimum Gasteiger partial charge on any atom is -0.484 e. The zero-order chi connectivity index (χ0) is 17.9. The first-order valence-corrected chi connectivity index (χ1v) is 8.65. The van der Waals surface area contributed by atoms with Crippen LogP contribution in [-0.4, -0.2) is 45.5 Å². The van der Waals surface area contributed by atoms with Crippen LogP contribution in [0.15, 0.2) is 42.7 Å².